The van der Waals surface area contributed by atoms with Crippen molar-refractivity contribution in [2.75, 3.05) is 24.5 Å². The van der Waals surface area contributed by atoms with Gasteiger partial charge in [-0.25, -0.2) is 0 Å². The molecule has 1 aliphatic rings. The Morgan fingerprint density at radius 3 is 2.61 bits per heavy atom. The van der Waals surface area contributed by atoms with Crippen molar-refractivity contribution >= 4 is 17.7 Å². The molecule has 0 atom stereocenters. The molecule has 1 aliphatic heterocycles. The molecule has 23 heavy (non-hydrogen) atoms. The van der Waals surface area contributed by atoms with Crippen LogP contribution >= 0.6 is 0 Å². The Labute approximate surface area is 137 Å². The molecule has 1 fully saturated rings. The van der Waals surface area contributed by atoms with Gasteiger partial charge in [-0.1, -0.05) is 19.1 Å². The standard InChI is InChI=1S/C18H23N3O2/c1-2-9-20-18(23)15(13-19)12-14-3-5-16(6-4-14)21-10-7-17(22)8-11-21/h3-6,12,17,22H,2,7-11H2,1H3,(H,20,23)/b15-12-. The van der Waals surface area contributed by atoms with E-state index in [0.717, 1.165) is 43.6 Å². The number of benzene rings is 1. The Morgan fingerprint density at radius 2 is 2.04 bits per heavy atom. The van der Waals surface area contributed by atoms with Crippen molar-refractivity contribution in [1.29, 1.82) is 5.26 Å². The van der Waals surface area contributed by atoms with Gasteiger partial charge in [0, 0.05) is 25.3 Å². The summed E-state index contributed by atoms with van der Waals surface area (Å²) in [5.74, 6) is -0.330. The van der Waals surface area contributed by atoms with Crippen LogP contribution in [0.5, 0.6) is 0 Å². The molecule has 1 heterocycles. The van der Waals surface area contributed by atoms with Gasteiger partial charge in [-0.15, -0.1) is 0 Å². The number of hydrogen-bond acceptors (Lipinski definition) is 4. The van der Waals surface area contributed by atoms with Gasteiger partial charge in [0.05, 0.1) is 6.10 Å². The summed E-state index contributed by atoms with van der Waals surface area (Å²) in [6.45, 7) is 4.23. The highest BCUT2D eigenvalue weighted by Crippen LogP contribution is 2.21. The molecule has 0 unspecified atom stereocenters. The minimum atomic E-state index is -0.330. The van der Waals surface area contributed by atoms with Crippen LogP contribution in [0.15, 0.2) is 29.8 Å². The summed E-state index contributed by atoms with van der Waals surface area (Å²) in [6, 6.07) is 9.75. The number of carbonyl (C=O) groups is 1. The van der Waals surface area contributed by atoms with E-state index in [2.05, 4.69) is 10.2 Å². The molecule has 0 aliphatic carbocycles. The van der Waals surface area contributed by atoms with Crippen LogP contribution in [0.2, 0.25) is 0 Å². The summed E-state index contributed by atoms with van der Waals surface area (Å²) in [5, 5.41) is 21.4. The molecule has 1 saturated heterocycles. The molecule has 1 aromatic rings. The van der Waals surface area contributed by atoms with Gasteiger partial charge in [0.25, 0.3) is 5.91 Å². The van der Waals surface area contributed by atoms with Crippen LogP contribution in [-0.2, 0) is 4.79 Å². The van der Waals surface area contributed by atoms with E-state index in [9.17, 15) is 9.90 Å². The molecular formula is C18H23N3O2. The smallest absolute Gasteiger partial charge is 0.261 e. The third-order valence-corrected chi connectivity index (χ3v) is 3.93. The Morgan fingerprint density at radius 1 is 1.39 bits per heavy atom. The van der Waals surface area contributed by atoms with Crippen LogP contribution < -0.4 is 10.2 Å². The zero-order valence-corrected chi connectivity index (χ0v) is 13.5. The first-order valence-corrected chi connectivity index (χ1v) is 8.07. The van der Waals surface area contributed by atoms with Gasteiger partial charge in [-0.2, -0.15) is 5.26 Å². The monoisotopic (exact) mass is 313 g/mol. The van der Waals surface area contributed by atoms with Gasteiger partial charge in [0.15, 0.2) is 0 Å². The summed E-state index contributed by atoms with van der Waals surface area (Å²) < 4.78 is 0. The van der Waals surface area contributed by atoms with Crippen molar-refractivity contribution in [3.8, 4) is 6.07 Å². The number of nitrogens with zero attached hydrogens (tertiary/aromatic N) is 2. The number of nitriles is 1. The predicted molar refractivity (Wildman–Crippen MR) is 90.8 cm³/mol. The number of carbonyl (C=O) groups excluding carboxylic acids is 1. The third kappa shape index (κ3) is 4.83. The fourth-order valence-corrected chi connectivity index (χ4v) is 2.55. The second-order valence-corrected chi connectivity index (χ2v) is 5.74. The topological polar surface area (TPSA) is 76.4 Å². The predicted octanol–water partition coefficient (Wildman–Crippen LogP) is 2.08. The molecule has 5 heteroatoms. The van der Waals surface area contributed by atoms with Crippen molar-refractivity contribution in [2.24, 2.45) is 0 Å². The molecule has 122 valence electrons. The van der Waals surface area contributed by atoms with Crippen LogP contribution in [0.3, 0.4) is 0 Å². The molecule has 0 spiro atoms. The number of piperidine rings is 1. The SMILES string of the molecule is CCCNC(=O)/C(C#N)=C\c1ccc(N2CCC(O)CC2)cc1. The number of hydrogen-bond donors (Lipinski definition) is 2. The number of amides is 1. The fraction of sp³-hybridized carbons (Fsp3) is 0.444. The summed E-state index contributed by atoms with van der Waals surface area (Å²) in [7, 11) is 0. The second-order valence-electron chi connectivity index (χ2n) is 5.74. The number of aliphatic hydroxyl groups is 1. The zero-order valence-electron chi connectivity index (χ0n) is 13.5. The molecular weight excluding hydrogens is 290 g/mol. The molecule has 0 saturated carbocycles. The van der Waals surface area contributed by atoms with Crippen molar-refractivity contribution in [3.05, 3.63) is 35.4 Å². The largest absolute Gasteiger partial charge is 0.393 e. The molecule has 5 nitrogen and oxygen atoms in total. The van der Waals surface area contributed by atoms with Gasteiger partial charge in [0.1, 0.15) is 11.6 Å². The first-order chi connectivity index (χ1) is 11.1. The van der Waals surface area contributed by atoms with E-state index >= 15 is 0 Å². The van der Waals surface area contributed by atoms with Crippen LogP contribution in [-0.4, -0.2) is 36.8 Å². The lowest BCUT2D eigenvalue weighted by atomic mass is 10.1. The van der Waals surface area contributed by atoms with E-state index in [0.29, 0.717) is 6.54 Å². The van der Waals surface area contributed by atoms with Crippen molar-refractivity contribution in [1.82, 2.24) is 5.32 Å². The molecule has 0 aromatic heterocycles. The maximum atomic E-state index is 11.8. The maximum absolute atomic E-state index is 11.8. The lowest BCUT2D eigenvalue weighted by molar-refractivity contribution is -0.117. The zero-order chi connectivity index (χ0) is 16.7. The van der Waals surface area contributed by atoms with Gasteiger partial charge in [-0.05, 0) is 43.0 Å². The average Bonchev–Trinajstić information content (AvgIpc) is 2.59. The molecule has 2 N–H and O–H groups in total. The van der Waals surface area contributed by atoms with Gasteiger partial charge in [0.2, 0.25) is 0 Å². The third-order valence-electron chi connectivity index (χ3n) is 3.93. The maximum Gasteiger partial charge on any atom is 0.261 e. The van der Waals surface area contributed by atoms with Crippen LogP contribution in [0.25, 0.3) is 6.08 Å². The Bertz CT molecular complexity index is 594. The van der Waals surface area contributed by atoms with Crippen LogP contribution in [0, 0.1) is 11.3 Å². The van der Waals surface area contributed by atoms with Gasteiger partial charge < -0.3 is 15.3 Å². The van der Waals surface area contributed by atoms with Gasteiger partial charge in [-0.3, -0.25) is 4.79 Å². The number of anilines is 1. The summed E-state index contributed by atoms with van der Waals surface area (Å²) >= 11 is 0. The number of rotatable bonds is 5. The van der Waals surface area contributed by atoms with E-state index < -0.39 is 0 Å². The van der Waals surface area contributed by atoms with E-state index in [4.69, 9.17) is 5.26 Å². The average molecular weight is 313 g/mol. The van der Waals surface area contributed by atoms with Crippen molar-refractivity contribution in [3.63, 3.8) is 0 Å². The van der Waals surface area contributed by atoms with Crippen molar-refractivity contribution < 1.29 is 9.90 Å². The molecule has 0 radical (unpaired) electrons. The molecule has 0 bridgehead atoms. The quantitative estimate of drug-likeness (QED) is 0.644. The number of nitrogens with one attached hydrogen (secondary N) is 1. The minimum Gasteiger partial charge on any atom is -0.393 e. The summed E-state index contributed by atoms with van der Waals surface area (Å²) in [5.41, 5.74) is 2.05. The fourth-order valence-electron chi connectivity index (χ4n) is 2.55. The molecule has 1 amide bonds. The van der Waals surface area contributed by atoms with Crippen LogP contribution in [0.4, 0.5) is 5.69 Å². The first kappa shape index (κ1) is 17.0. The Balaban J connectivity index is 2.05. The normalized spacial score (nSPS) is 16.0. The van der Waals surface area contributed by atoms with E-state index in [1.165, 1.54) is 0 Å². The highest BCUT2D eigenvalue weighted by Gasteiger charge is 2.17. The first-order valence-electron chi connectivity index (χ1n) is 8.07. The molecule has 1 aromatic carbocycles. The minimum absolute atomic E-state index is 0.118. The van der Waals surface area contributed by atoms with Crippen molar-refractivity contribution in [2.45, 2.75) is 32.3 Å². The second kappa shape index (κ2) is 8.35. The van der Waals surface area contributed by atoms with Gasteiger partial charge >= 0.3 is 0 Å². The summed E-state index contributed by atoms with van der Waals surface area (Å²) in [4.78, 5) is 14.1. The van der Waals surface area contributed by atoms with Crippen LogP contribution in [0.1, 0.15) is 31.7 Å². The lowest BCUT2D eigenvalue weighted by Crippen LogP contribution is -2.35. The van der Waals surface area contributed by atoms with E-state index in [1.54, 1.807) is 6.08 Å². The highest BCUT2D eigenvalue weighted by molar-refractivity contribution is 6.01. The van der Waals surface area contributed by atoms with E-state index in [-0.39, 0.29) is 17.6 Å². The van der Waals surface area contributed by atoms with E-state index in [1.807, 2.05) is 37.3 Å². The Kier molecular flexibility index (Phi) is 6.19. The Hall–Kier alpha value is -2.32. The lowest BCUT2D eigenvalue weighted by Gasteiger charge is -2.31. The summed E-state index contributed by atoms with van der Waals surface area (Å²) in [6.07, 6.45) is 3.84. The molecule has 2 rings (SSSR count). The highest BCUT2D eigenvalue weighted by atomic mass is 16.3. The number of aliphatic hydroxyl groups excluding tert-OH is 1.